The van der Waals surface area contributed by atoms with Gasteiger partial charge in [-0.3, -0.25) is 9.69 Å². The van der Waals surface area contributed by atoms with E-state index in [1.54, 1.807) is 0 Å². The van der Waals surface area contributed by atoms with Crippen LogP contribution in [0.15, 0.2) is 4.79 Å². The molecule has 6 heteroatoms. The van der Waals surface area contributed by atoms with Crippen molar-refractivity contribution in [1.82, 2.24) is 20.2 Å². The van der Waals surface area contributed by atoms with Gasteiger partial charge in [0.25, 0.3) is 5.56 Å². The van der Waals surface area contributed by atoms with Crippen LogP contribution in [0.1, 0.15) is 42.9 Å². The lowest BCUT2D eigenvalue weighted by Crippen LogP contribution is -2.45. The molecule has 0 bridgehead atoms. The number of aliphatic hydroxyl groups excluding tert-OH is 1. The average molecular weight is 294 g/mol. The van der Waals surface area contributed by atoms with Gasteiger partial charge in [-0.1, -0.05) is 13.3 Å². The number of nitrogens with one attached hydrogen (secondary N) is 2. The van der Waals surface area contributed by atoms with Gasteiger partial charge in [0.15, 0.2) is 0 Å². The first-order chi connectivity index (χ1) is 10.2. The van der Waals surface area contributed by atoms with Crippen LogP contribution in [0.2, 0.25) is 0 Å². The molecular formula is C15H26N4O2. The minimum absolute atomic E-state index is 0.0267. The summed E-state index contributed by atoms with van der Waals surface area (Å²) in [6, 6.07) is 0.173. The van der Waals surface area contributed by atoms with E-state index in [0.717, 1.165) is 50.5 Å². The summed E-state index contributed by atoms with van der Waals surface area (Å²) in [6.45, 7) is 7.89. The van der Waals surface area contributed by atoms with E-state index in [1.807, 2.05) is 6.92 Å². The minimum atomic E-state index is -0.109. The number of hydrogen-bond acceptors (Lipinski definition) is 5. The fourth-order valence-corrected chi connectivity index (χ4v) is 2.96. The summed E-state index contributed by atoms with van der Waals surface area (Å²) >= 11 is 0. The Kier molecular flexibility index (Phi) is 5.90. The van der Waals surface area contributed by atoms with E-state index in [0.29, 0.717) is 12.0 Å². The van der Waals surface area contributed by atoms with Crippen LogP contribution >= 0.6 is 0 Å². The van der Waals surface area contributed by atoms with Gasteiger partial charge in [-0.25, -0.2) is 4.98 Å². The smallest absolute Gasteiger partial charge is 0.254 e. The summed E-state index contributed by atoms with van der Waals surface area (Å²) in [5.41, 5.74) is 1.22. The molecule has 0 spiro atoms. The van der Waals surface area contributed by atoms with E-state index in [1.165, 1.54) is 0 Å². The molecule has 2 rings (SSSR count). The van der Waals surface area contributed by atoms with Crippen LogP contribution in [0.4, 0.5) is 0 Å². The Labute approximate surface area is 125 Å². The maximum Gasteiger partial charge on any atom is 0.254 e. The summed E-state index contributed by atoms with van der Waals surface area (Å²) in [4.78, 5) is 22.2. The Balaban J connectivity index is 2.29. The maximum atomic E-state index is 12.2. The molecule has 0 aromatic carbocycles. The van der Waals surface area contributed by atoms with E-state index in [4.69, 9.17) is 5.11 Å². The average Bonchev–Trinajstić information content (AvgIpc) is 2.49. The molecule has 0 aliphatic carbocycles. The third-order valence-electron chi connectivity index (χ3n) is 4.07. The van der Waals surface area contributed by atoms with Gasteiger partial charge in [-0.05, 0) is 13.3 Å². The zero-order chi connectivity index (χ0) is 15.2. The lowest BCUT2D eigenvalue weighted by molar-refractivity contribution is 0.157. The predicted molar refractivity (Wildman–Crippen MR) is 82.5 cm³/mol. The van der Waals surface area contributed by atoms with Crippen molar-refractivity contribution in [2.75, 3.05) is 32.8 Å². The second-order valence-corrected chi connectivity index (χ2v) is 5.58. The zero-order valence-electron chi connectivity index (χ0n) is 13.0. The highest BCUT2D eigenvalue weighted by Crippen LogP contribution is 2.23. The first-order valence-corrected chi connectivity index (χ1v) is 7.82. The zero-order valence-corrected chi connectivity index (χ0v) is 13.0. The van der Waals surface area contributed by atoms with E-state index in [9.17, 15) is 4.79 Å². The van der Waals surface area contributed by atoms with Crippen molar-refractivity contribution in [3.63, 3.8) is 0 Å². The van der Waals surface area contributed by atoms with Crippen molar-refractivity contribution in [2.45, 2.75) is 39.2 Å². The summed E-state index contributed by atoms with van der Waals surface area (Å²) in [5, 5.41) is 12.4. The van der Waals surface area contributed by atoms with Gasteiger partial charge in [0.05, 0.1) is 6.04 Å². The van der Waals surface area contributed by atoms with Crippen molar-refractivity contribution in [1.29, 1.82) is 0 Å². The summed E-state index contributed by atoms with van der Waals surface area (Å²) in [6.07, 6.45) is 2.40. The number of aromatic nitrogens is 2. The second-order valence-electron chi connectivity index (χ2n) is 5.58. The number of hydrogen-bond donors (Lipinski definition) is 3. The van der Waals surface area contributed by atoms with Crippen LogP contribution in [-0.4, -0.2) is 52.8 Å². The van der Waals surface area contributed by atoms with Gasteiger partial charge >= 0.3 is 0 Å². The van der Waals surface area contributed by atoms with Crippen LogP contribution in [0, 0.1) is 6.92 Å². The third-order valence-corrected chi connectivity index (χ3v) is 4.07. The molecule has 1 aliphatic rings. The first kappa shape index (κ1) is 16.1. The number of H-pyrrole nitrogens is 1. The quantitative estimate of drug-likeness (QED) is 0.706. The van der Waals surface area contributed by atoms with Gasteiger partial charge in [0, 0.05) is 50.5 Å². The van der Waals surface area contributed by atoms with Crippen LogP contribution < -0.4 is 10.9 Å². The summed E-state index contributed by atoms with van der Waals surface area (Å²) in [7, 11) is 0. The SMILES string of the molecule is CCCC(c1nc(C)c(CCO)c(=O)[nH]1)N1CCNCC1. The van der Waals surface area contributed by atoms with Gasteiger partial charge in [-0.15, -0.1) is 0 Å². The first-order valence-electron chi connectivity index (χ1n) is 7.82. The monoisotopic (exact) mass is 294 g/mol. The van der Waals surface area contributed by atoms with Crippen LogP contribution in [0.3, 0.4) is 0 Å². The molecule has 0 radical (unpaired) electrons. The number of piperazine rings is 1. The molecule has 2 heterocycles. The molecule has 3 N–H and O–H groups in total. The lowest BCUT2D eigenvalue weighted by Gasteiger charge is -2.34. The molecule has 0 saturated carbocycles. The molecule has 1 aromatic heterocycles. The Morgan fingerprint density at radius 1 is 1.38 bits per heavy atom. The lowest BCUT2D eigenvalue weighted by atomic mass is 10.1. The van der Waals surface area contributed by atoms with Crippen molar-refractivity contribution >= 4 is 0 Å². The van der Waals surface area contributed by atoms with Crippen LogP contribution in [-0.2, 0) is 6.42 Å². The van der Waals surface area contributed by atoms with Crippen molar-refractivity contribution in [3.05, 3.63) is 27.4 Å². The summed E-state index contributed by atoms with van der Waals surface area (Å²) < 4.78 is 0. The second kappa shape index (κ2) is 7.68. The Hall–Kier alpha value is -1.24. The Morgan fingerprint density at radius 2 is 2.10 bits per heavy atom. The summed E-state index contributed by atoms with van der Waals surface area (Å²) in [5.74, 6) is 0.767. The topological polar surface area (TPSA) is 81.2 Å². The van der Waals surface area contributed by atoms with E-state index in [2.05, 4.69) is 27.1 Å². The molecule has 1 aliphatic heterocycles. The van der Waals surface area contributed by atoms with Crippen molar-refractivity contribution in [3.8, 4) is 0 Å². The highest BCUT2D eigenvalue weighted by molar-refractivity contribution is 5.18. The number of nitrogens with zero attached hydrogens (tertiary/aromatic N) is 2. The highest BCUT2D eigenvalue weighted by atomic mass is 16.3. The fraction of sp³-hybridized carbons (Fsp3) is 0.733. The molecule has 1 aromatic rings. The number of aromatic amines is 1. The minimum Gasteiger partial charge on any atom is -0.396 e. The fourth-order valence-electron chi connectivity index (χ4n) is 2.96. The standard InChI is InChI=1S/C15H26N4O2/c1-3-4-13(19-8-6-16-7-9-19)14-17-11(2)12(5-10-20)15(21)18-14/h13,16,20H,3-10H2,1-2H3,(H,17,18,21). The normalized spacial score (nSPS) is 17.9. The molecule has 21 heavy (non-hydrogen) atoms. The largest absolute Gasteiger partial charge is 0.396 e. The Morgan fingerprint density at radius 3 is 2.67 bits per heavy atom. The van der Waals surface area contributed by atoms with Gasteiger partial charge in [0.2, 0.25) is 0 Å². The Bertz CT molecular complexity index is 509. The number of rotatable bonds is 6. The molecule has 118 valence electrons. The molecule has 0 amide bonds. The molecule has 1 unspecified atom stereocenters. The molecule has 1 fully saturated rings. The van der Waals surface area contributed by atoms with Crippen molar-refractivity contribution < 1.29 is 5.11 Å². The van der Waals surface area contributed by atoms with Crippen molar-refractivity contribution in [2.24, 2.45) is 0 Å². The van der Waals surface area contributed by atoms with Gasteiger partial charge < -0.3 is 15.4 Å². The predicted octanol–water partition coefficient (Wildman–Crippen LogP) is 0.360. The number of aryl methyl sites for hydroxylation is 1. The van der Waals surface area contributed by atoms with Gasteiger partial charge in [0.1, 0.15) is 5.82 Å². The number of aliphatic hydroxyl groups is 1. The third kappa shape index (κ3) is 3.90. The molecule has 6 nitrogen and oxygen atoms in total. The molecule has 1 atom stereocenters. The molecule has 1 saturated heterocycles. The van der Waals surface area contributed by atoms with Gasteiger partial charge in [-0.2, -0.15) is 0 Å². The van der Waals surface area contributed by atoms with E-state index >= 15 is 0 Å². The van der Waals surface area contributed by atoms with E-state index in [-0.39, 0.29) is 18.2 Å². The highest BCUT2D eigenvalue weighted by Gasteiger charge is 2.24. The van der Waals surface area contributed by atoms with E-state index < -0.39 is 0 Å². The maximum absolute atomic E-state index is 12.2. The van der Waals surface area contributed by atoms with Crippen LogP contribution in [0.25, 0.3) is 0 Å². The van der Waals surface area contributed by atoms with Crippen LogP contribution in [0.5, 0.6) is 0 Å². The molecular weight excluding hydrogens is 268 g/mol.